The Morgan fingerprint density at radius 3 is 2.82 bits per heavy atom. The van der Waals surface area contributed by atoms with E-state index in [0.29, 0.717) is 0 Å². The average Bonchev–Trinajstić information content (AvgIpc) is 2.26. The summed E-state index contributed by atoms with van der Waals surface area (Å²) in [5, 5.41) is 4.19. The Hall–Kier alpha value is -0.0900. The lowest BCUT2D eigenvalue weighted by atomic mass is 10.4. The highest BCUT2D eigenvalue weighted by Gasteiger charge is 2.00. The van der Waals surface area contributed by atoms with Gasteiger partial charge in [0.05, 0.1) is 0 Å². The first-order chi connectivity index (χ1) is 5.24. The quantitative estimate of drug-likeness (QED) is 0.778. The molecule has 0 bridgehead atoms. The highest BCUT2D eigenvalue weighted by molar-refractivity contribution is 9.11. The van der Waals surface area contributed by atoms with Crippen LogP contribution in [0.5, 0.6) is 0 Å². The highest BCUT2D eigenvalue weighted by Crippen LogP contribution is 2.16. The van der Waals surface area contributed by atoms with Crippen molar-refractivity contribution in [3.05, 3.63) is 27.9 Å². The van der Waals surface area contributed by atoms with E-state index in [4.69, 9.17) is 0 Å². The van der Waals surface area contributed by atoms with Gasteiger partial charge in [0.25, 0.3) is 0 Å². The Morgan fingerprint density at radius 2 is 2.36 bits per heavy atom. The van der Waals surface area contributed by atoms with Crippen LogP contribution in [0.2, 0.25) is 0 Å². The lowest BCUT2D eigenvalue weighted by molar-refractivity contribution is 0.608. The normalized spacial score (nSPS) is 10.0. The van der Waals surface area contributed by atoms with E-state index >= 15 is 0 Å². The van der Waals surface area contributed by atoms with Gasteiger partial charge in [0, 0.05) is 12.6 Å². The van der Waals surface area contributed by atoms with Crippen LogP contribution in [0.1, 0.15) is 6.42 Å². The first-order valence-corrected chi connectivity index (χ1v) is 4.82. The van der Waals surface area contributed by atoms with Crippen LogP contribution in [0.15, 0.2) is 27.9 Å². The van der Waals surface area contributed by atoms with Gasteiger partial charge >= 0.3 is 0 Å². The van der Waals surface area contributed by atoms with Gasteiger partial charge in [-0.15, -0.1) is 6.58 Å². The minimum Gasteiger partial charge on any atom is -0.257 e. The van der Waals surface area contributed by atoms with Crippen LogP contribution in [-0.4, -0.2) is 9.78 Å². The Labute approximate surface area is 82.5 Å². The summed E-state index contributed by atoms with van der Waals surface area (Å²) in [6.07, 6.45) is 2.81. The van der Waals surface area contributed by atoms with Crippen molar-refractivity contribution in [2.24, 2.45) is 0 Å². The zero-order valence-electron chi connectivity index (χ0n) is 5.93. The van der Waals surface area contributed by atoms with Crippen LogP contribution in [0.4, 0.5) is 0 Å². The Bertz CT molecular complexity index is 255. The fourth-order valence-corrected chi connectivity index (χ4v) is 1.92. The maximum atomic E-state index is 4.19. The molecule has 1 rings (SSSR count). The molecule has 1 aromatic heterocycles. The minimum absolute atomic E-state index is 0.855. The topological polar surface area (TPSA) is 17.8 Å². The number of allylic oxidation sites excluding steroid dienone is 1. The smallest absolute Gasteiger partial charge is 0.129 e. The molecular weight excluding hydrogens is 272 g/mol. The Kier molecular flexibility index (Phi) is 3.33. The van der Waals surface area contributed by atoms with Gasteiger partial charge in [-0.3, -0.25) is 4.68 Å². The van der Waals surface area contributed by atoms with Crippen molar-refractivity contribution >= 4 is 31.9 Å². The molecule has 60 valence electrons. The molecule has 2 nitrogen and oxygen atoms in total. The van der Waals surface area contributed by atoms with Crippen LogP contribution < -0.4 is 0 Å². The molecule has 0 spiro atoms. The molecule has 4 heteroatoms. The third-order valence-corrected chi connectivity index (χ3v) is 2.27. The zero-order chi connectivity index (χ0) is 8.27. The highest BCUT2D eigenvalue weighted by atomic mass is 79.9. The monoisotopic (exact) mass is 278 g/mol. The summed E-state index contributed by atoms with van der Waals surface area (Å²) in [5.74, 6) is 0. The average molecular weight is 280 g/mol. The summed E-state index contributed by atoms with van der Waals surface area (Å²) < 4.78 is 3.73. The molecule has 11 heavy (non-hydrogen) atoms. The van der Waals surface area contributed by atoms with Crippen molar-refractivity contribution < 1.29 is 0 Å². The third kappa shape index (κ3) is 2.45. The molecule has 0 saturated carbocycles. The van der Waals surface area contributed by atoms with Crippen molar-refractivity contribution in [2.75, 3.05) is 0 Å². The lowest BCUT2D eigenvalue weighted by Crippen LogP contribution is -1.98. The van der Waals surface area contributed by atoms with E-state index in [9.17, 15) is 0 Å². The SMILES string of the molecule is C=CCCn1nc(Br)cc1Br. The molecule has 0 unspecified atom stereocenters. The summed E-state index contributed by atoms with van der Waals surface area (Å²) in [4.78, 5) is 0. The molecule has 0 aromatic carbocycles. The molecule has 1 heterocycles. The van der Waals surface area contributed by atoms with Crippen LogP contribution in [-0.2, 0) is 6.54 Å². The van der Waals surface area contributed by atoms with Crippen LogP contribution in [0.25, 0.3) is 0 Å². The number of hydrogen-bond acceptors (Lipinski definition) is 1. The fraction of sp³-hybridized carbons (Fsp3) is 0.286. The number of aromatic nitrogens is 2. The summed E-state index contributed by atoms with van der Waals surface area (Å²) in [7, 11) is 0. The van der Waals surface area contributed by atoms with Crippen LogP contribution in [0.3, 0.4) is 0 Å². The number of halogens is 2. The lowest BCUT2D eigenvalue weighted by Gasteiger charge is -1.98. The second kappa shape index (κ2) is 4.07. The van der Waals surface area contributed by atoms with E-state index in [1.54, 1.807) is 0 Å². The molecule has 0 amide bonds. The van der Waals surface area contributed by atoms with Gasteiger partial charge in [-0.2, -0.15) is 5.10 Å². The van der Waals surface area contributed by atoms with Gasteiger partial charge in [0.1, 0.15) is 9.21 Å². The summed E-state index contributed by atoms with van der Waals surface area (Å²) in [5.41, 5.74) is 0. The van der Waals surface area contributed by atoms with E-state index < -0.39 is 0 Å². The van der Waals surface area contributed by atoms with Crippen LogP contribution >= 0.6 is 31.9 Å². The van der Waals surface area contributed by atoms with Crippen molar-refractivity contribution in [1.29, 1.82) is 0 Å². The second-order valence-corrected chi connectivity index (χ2v) is 3.72. The van der Waals surface area contributed by atoms with E-state index in [1.165, 1.54) is 0 Å². The molecular formula is C7H8Br2N2. The van der Waals surface area contributed by atoms with E-state index in [-0.39, 0.29) is 0 Å². The summed E-state index contributed by atoms with van der Waals surface area (Å²) in [6.45, 7) is 4.51. The molecule has 0 radical (unpaired) electrons. The number of nitrogens with zero attached hydrogens (tertiary/aromatic N) is 2. The third-order valence-electron chi connectivity index (χ3n) is 1.25. The molecule has 0 fully saturated rings. The molecule has 0 aliphatic rings. The standard InChI is InChI=1S/C7H8Br2N2/c1-2-3-4-11-7(9)5-6(8)10-11/h2,5H,1,3-4H2. The zero-order valence-corrected chi connectivity index (χ0v) is 9.10. The first kappa shape index (κ1) is 9.00. The maximum Gasteiger partial charge on any atom is 0.129 e. The molecule has 0 aliphatic heterocycles. The minimum atomic E-state index is 0.855. The van der Waals surface area contributed by atoms with E-state index in [2.05, 4.69) is 43.5 Å². The molecule has 0 saturated heterocycles. The van der Waals surface area contributed by atoms with Gasteiger partial charge in [-0.05, 0) is 38.3 Å². The van der Waals surface area contributed by atoms with Gasteiger partial charge < -0.3 is 0 Å². The van der Waals surface area contributed by atoms with Gasteiger partial charge in [-0.25, -0.2) is 0 Å². The number of rotatable bonds is 3. The van der Waals surface area contributed by atoms with Crippen molar-refractivity contribution in [3.63, 3.8) is 0 Å². The number of aryl methyl sites for hydroxylation is 1. The van der Waals surface area contributed by atoms with Crippen molar-refractivity contribution in [1.82, 2.24) is 9.78 Å². The molecule has 0 atom stereocenters. The molecule has 0 aliphatic carbocycles. The van der Waals surface area contributed by atoms with Crippen molar-refractivity contribution in [2.45, 2.75) is 13.0 Å². The Balaban J connectivity index is 2.69. The largest absolute Gasteiger partial charge is 0.257 e. The van der Waals surface area contributed by atoms with Gasteiger partial charge in [0.15, 0.2) is 0 Å². The summed E-state index contributed by atoms with van der Waals surface area (Å²) >= 11 is 6.67. The van der Waals surface area contributed by atoms with Crippen molar-refractivity contribution in [3.8, 4) is 0 Å². The van der Waals surface area contributed by atoms with E-state index in [1.807, 2.05) is 16.8 Å². The Morgan fingerprint density at radius 1 is 1.64 bits per heavy atom. The van der Waals surface area contributed by atoms with Crippen LogP contribution in [0, 0.1) is 0 Å². The first-order valence-electron chi connectivity index (χ1n) is 3.24. The predicted molar refractivity (Wildman–Crippen MR) is 52.4 cm³/mol. The molecule has 1 aromatic rings. The maximum absolute atomic E-state index is 4.19. The van der Waals surface area contributed by atoms with Gasteiger partial charge in [0.2, 0.25) is 0 Å². The molecule has 0 N–H and O–H groups in total. The second-order valence-electron chi connectivity index (χ2n) is 2.09. The van der Waals surface area contributed by atoms with E-state index in [0.717, 1.165) is 22.2 Å². The number of hydrogen-bond donors (Lipinski definition) is 0. The summed E-state index contributed by atoms with van der Waals surface area (Å²) in [6, 6.07) is 1.92. The fourth-order valence-electron chi connectivity index (χ4n) is 0.735. The van der Waals surface area contributed by atoms with Gasteiger partial charge in [-0.1, -0.05) is 6.08 Å². The predicted octanol–water partition coefficient (Wildman–Crippen LogP) is 2.98.